The van der Waals surface area contributed by atoms with Crippen LogP contribution in [0.3, 0.4) is 0 Å². The Labute approximate surface area is 264 Å². The zero-order valence-corrected chi connectivity index (χ0v) is 27.0. The number of hydrogen-bond donors (Lipinski definition) is 1. The minimum absolute atomic E-state index is 0.104. The van der Waals surface area contributed by atoms with Gasteiger partial charge in [0.15, 0.2) is 6.17 Å². The lowest BCUT2D eigenvalue weighted by Gasteiger charge is -2.46. The summed E-state index contributed by atoms with van der Waals surface area (Å²) in [6, 6.07) is 9.32. The largest absolute Gasteiger partial charge is 0.418 e. The average Bonchev–Trinajstić information content (AvgIpc) is 3.51. The Balaban J connectivity index is 1.28. The van der Waals surface area contributed by atoms with E-state index in [1.807, 2.05) is 12.1 Å². The molecule has 0 radical (unpaired) electrons. The van der Waals surface area contributed by atoms with E-state index < -0.39 is 17.4 Å². The molecular weight excluding hydrogens is 577 g/mol. The molecule has 45 heavy (non-hydrogen) atoms. The van der Waals surface area contributed by atoms with Crippen molar-refractivity contribution in [2.24, 2.45) is 11.3 Å². The number of nitrogens with one attached hydrogen (secondary N) is 1. The molecule has 5 heterocycles. The highest BCUT2D eigenvalue weighted by Crippen LogP contribution is 2.47. The number of imidazole rings is 1. The van der Waals surface area contributed by atoms with Gasteiger partial charge in [0.05, 0.1) is 35.8 Å². The number of pyridine rings is 1. The summed E-state index contributed by atoms with van der Waals surface area (Å²) in [4.78, 5) is 18.5. The average molecular weight is 626 g/mol. The van der Waals surface area contributed by atoms with Crippen molar-refractivity contribution in [3.05, 3.63) is 69.9 Å². The van der Waals surface area contributed by atoms with Crippen LogP contribution in [-0.2, 0) is 12.7 Å². The van der Waals surface area contributed by atoms with Gasteiger partial charge in [0, 0.05) is 25.5 Å². The van der Waals surface area contributed by atoms with Crippen LogP contribution in [0.1, 0.15) is 87.8 Å². The lowest BCUT2D eigenvalue weighted by atomic mass is 9.71. The summed E-state index contributed by atoms with van der Waals surface area (Å²) in [5.74, 6) is 0.817. The molecule has 3 aliphatic heterocycles. The number of quaternary nitrogens is 1. The van der Waals surface area contributed by atoms with E-state index >= 15 is 0 Å². The van der Waals surface area contributed by atoms with Crippen molar-refractivity contribution in [3.8, 4) is 5.69 Å². The summed E-state index contributed by atoms with van der Waals surface area (Å²) in [7, 11) is 2.22. The van der Waals surface area contributed by atoms with Gasteiger partial charge >= 0.3 is 11.9 Å². The highest BCUT2D eigenvalue weighted by molar-refractivity contribution is 5.58. The van der Waals surface area contributed by atoms with Crippen LogP contribution < -0.4 is 11.1 Å². The number of nitrogens with zero attached hydrogens (tertiary/aromatic N) is 5. The van der Waals surface area contributed by atoms with Crippen LogP contribution in [0.4, 0.5) is 13.2 Å². The Bertz CT molecular complexity index is 1600. The highest BCUT2D eigenvalue weighted by atomic mass is 19.4. The van der Waals surface area contributed by atoms with E-state index in [0.29, 0.717) is 23.7 Å². The summed E-state index contributed by atoms with van der Waals surface area (Å²) < 4.78 is 46.9. The molecule has 2 aromatic heterocycles. The fraction of sp³-hybridized carbons (Fsp3) is 0.629. The van der Waals surface area contributed by atoms with Crippen LogP contribution >= 0.6 is 0 Å². The van der Waals surface area contributed by atoms with Crippen molar-refractivity contribution < 1.29 is 17.8 Å². The number of alkyl halides is 3. The number of aromatic nitrogens is 2. The Morgan fingerprint density at radius 1 is 1.04 bits per heavy atom. The van der Waals surface area contributed by atoms with Crippen LogP contribution in [0, 0.1) is 11.3 Å². The summed E-state index contributed by atoms with van der Waals surface area (Å²) in [6.07, 6.45) is 8.25. The van der Waals surface area contributed by atoms with E-state index in [9.17, 15) is 18.0 Å². The molecule has 0 bridgehead atoms. The monoisotopic (exact) mass is 625 g/mol. The van der Waals surface area contributed by atoms with Crippen molar-refractivity contribution in [1.82, 2.24) is 24.2 Å². The third kappa shape index (κ3) is 5.77. The van der Waals surface area contributed by atoms with E-state index in [-0.39, 0.29) is 23.0 Å². The molecule has 0 amide bonds. The molecule has 1 aliphatic carbocycles. The molecule has 1 unspecified atom stereocenters. The molecule has 7 rings (SSSR count). The maximum Gasteiger partial charge on any atom is 0.418 e. The number of likely N-dealkylation sites (tertiary alicyclic amines) is 1. The Morgan fingerprint density at radius 3 is 2.44 bits per heavy atom. The van der Waals surface area contributed by atoms with Crippen LogP contribution in [0.25, 0.3) is 11.2 Å². The van der Waals surface area contributed by atoms with Crippen LogP contribution in [-0.4, -0.2) is 69.4 Å². The maximum absolute atomic E-state index is 14.4. The predicted molar refractivity (Wildman–Crippen MR) is 170 cm³/mol. The molecule has 1 N–H and O–H groups in total. The molecule has 1 saturated carbocycles. The van der Waals surface area contributed by atoms with Crippen molar-refractivity contribution in [2.45, 2.75) is 90.0 Å². The summed E-state index contributed by atoms with van der Waals surface area (Å²) in [5, 5.41) is 0. The van der Waals surface area contributed by atoms with Gasteiger partial charge < -0.3 is 0 Å². The second kappa shape index (κ2) is 11.5. The first-order valence-corrected chi connectivity index (χ1v) is 16.9. The van der Waals surface area contributed by atoms with E-state index in [0.717, 1.165) is 43.9 Å². The van der Waals surface area contributed by atoms with Gasteiger partial charge in [-0.25, -0.2) is 14.3 Å². The lowest BCUT2D eigenvalue weighted by Crippen LogP contribution is -2.63. The third-order valence-electron chi connectivity index (χ3n) is 11.3. The van der Waals surface area contributed by atoms with Gasteiger partial charge in [0.2, 0.25) is 0 Å². The van der Waals surface area contributed by atoms with Crippen LogP contribution in [0.2, 0.25) is 0 Å². The molecule has 3 aromatic rings. The minimum atomic E-state index is -4.58. The van der Waals surface area contributed by atoms with Gasteiger partial charge in [0.1, 0.15) is 6.67 Å². The summed E-state index contributed by atoms with van der Waals surface area (Å²) >= 11 is 0. The van der Waals surface area contributed by atoms with Gasteiger partial charge in [-0.15, -0.1) is 0 Å². The van der Waals surface area contributed by atoms with Gasteiger partial charge in [-0.1, -0.05) is 32.4 Å². The Kier molecular flexibility index (Phi) is 7.94. The minimum Gasteiger partial charge on any atom is -0.298 e. The molecule has 1 aromatic carbocycles. The molecule has 3 saturated heterocycles. The molecule has 4 fully saturated rings. The van der Waals surface area contributed by atoms with Gasteiger partial charge in [0.25, 0.3) is 0 Å². The second-order valence-corrected chi connectivity index (χ2v) is 15.1. The summed E-state index contributed by atoms with van der Waals surface area (Å²) in [5.41, 5.74) is 5.00. The Hall–Kier alpha value is -2.66. The topological polar surface area (TPSA) is 44.9 Å². The van der Waals surface area contributed by atoms with E-state index in [1.165, 1.54) is 71.7 Å². The number of benzene rings is 1. The molecule has 1 spiro atoms. The molecule has 2 atom stereocenters. The first-order chi connectivity index (χ1) is 21.4. The molecule has 7 nitrogen and oxygen atoms in total. The van der Waals surface area contributed by atoms with Gasteiger partial charge in [-0.2, -0.15) is 18.6 Å². The normalized spacial score (nSPS) is 25.2. The van der Waals surface area contributed by atoms with Crippen LogP contribution in [0.15, 0.2) is 47.5 Å². The van der Waals surface area contributed by atoms with E-state index in [2.05, 4.69) is 48.3 Å². The molecular formula is C35H48F3N6O+. The standard InChI is InChI=1S/C35H48F3N6O/c1-34(2)14-15-41(23-34)20-25-18-29(35(36,37)38)30-22-42(33(45)43(30)21-25)28-13-9-12-27(19-28)31(26-10-8-11-26)32-40(3)24-39-44(32)16-6-4-5-7-17-44/h9,12-13,18-19,21-22,26,31-32,39H,4-8,10-11,14-17,20,23-24H2,1-3H3/q+1/t31-,32?/m1/s1. The smallest absolute Gasteiger partial charge is 0.298 e. The van der Waals surface area contributed by atoms with E-state index in [1.54, 1.807) is 6.20 Å². The number of hydrogen-bond acceptors (Lipinski definition) is 4. The first kappa shape index (κ1) is 31.0. The summed E-state index contributed by atoms with van der Waals surface area (Å²) in [6.45, 7) is 9.48. The zero-order chi connectivity index (χ0) is 31.6. The van der Waals surface area contributed by atoms with Gasteiger partial charge in [-0.05, 0) is 99.2 Å². The Morgan fingerprint density at radius 2 is 1.80 bits per heavy atom. The number of halogens is 3. The van der Waals surface area contributed by atoms with Gasteiger partial charge in [-0.3, -0.25) is 13.9 Å². The van der Waals surface area contributed by atoms with E-state index in [4.69, 9.17) is 0 Å². The number of likely N-dealkylation sites (N-methyl/N-ethyl adjacent to an activating group) is 1. The maximum atomic E-state index is 14.4. The van der Waals surface area contributed by atoms with Crippen molar-refractivity contribution >= 4 is 5.52 Å². The van der Waals surface area contributed by atoms with Crippen molar-refractivity contribution in [2.75, 3.05) is 39.9 Å². The SMILES string of the molecule is CN1CN[N+]2(CCCCCC2)C1[C@@H](c1cccc(-n2cc3c(C(F)(F)F)cc(CN4CCC(C)(C)C4)cn3c2=O)c1)C1CCC1. The fourth-order valence-corrected chi connectivity index (χ4v) is 8.80. The van der Waals surface area contributed by atoms with Crippen molar-refractivity contribution in [3.63, 3.8) is 0 Å². The molecule has 244 valence electrons. The van der Waals surface area contributed by atoms with Crippen LogP contribution in [0.5, 0.6) is 0 Å². The highest BCUT2D eigenvalue weighted by Gasteiger charge is 2.53. The molecule has 4 aliphatic rings. The first-order valence-electron chi connectivity index (χ1n) is 16.9. The third-order valence-corrected chi connectivity index (χ3v) is 11.3. The lowest BCUT2D eigenvalue weighted by molar-refractivity contribution is -0.984. The number of rotatable bonds is 6. The quantitative estimate of drug-likeness (QED) is 0.325. The fourth-order valence-electron chi connectivity index (χ4n) is 8.80. The molecule has 10 heteroatoms. The zero-order valence-electron chi connectivity index (χ0n) is 27.0. The second-order valence-electron chi connectivity index (χ2n) is 15.1. The van der Waals surface area contributed by atoms with Crippen molar-refractivity contribution in [1.29, 1.82) is 0 Å². The number of fused-ring (bicyclic) bond motifs is 1. The predicted octanol–water partition coefficient (Wildman–Crippen LogP) is 6.35.